The number of aryl methyl sites for hydroxylation is 1. The molecule has 1 aromatic carbocycles. The van der Waals surface area contributed by atoms with Crippen LogP contribution in [0.5, 0.6) is 0 Å². The molecule has 2 amide bonds. The Kier molecular flexibility index (Phi) is 6.30. The largest absolute Gasteiger partial charge is 0.349 e. The number of quaternary nitrogens is 1. The molecule has 0 bridgehead atoms. The minimum atomic E-state index is 0.0229. The highest BCUT2D eigenvalue weighted by molar-refractivity contribution is 5.95. The van der Waals surface area contributed by atoms with E-state index in [-0.39, 0.29) is 11.9 Å². The van der Waals surface area contributed by atoms with Crippen molar-refractivity contribution in [3.8, 4) is 0 Å². The first-order valence-corrected chi connectivity index (χ1v) is 10.0. The van der Waals surface area contributed by atoms with E-state index in [0.29, 0.717) is 18.5 Å². The molecule has 5 heteroatoms. The lowest BCUT2D eigenvalue weighted by atomic mass is 10.0. The molecule has 26 heavy (non-hydrogen) atoms. The standard InChI is InChI=1S/C21H31N3O2/c1-16-7-3-4-9-19(16)21(26)22-18-10-13-23(14-11-18)15-20(25)24-12-6-5-8-17(24)2/h3-4,7,9,17-18H,5-6,8,10-15H2,1-2H3,(H,22,26)/p+1/t17-/m0/s1. The second-order valence-corrected chi connectivity index (χ2v) is 7.92. The van der Waals surface area contributed by atoms with Gasteiger partial charge in [0.05, 0.1) is 13.1 Å². The molecule has 3 rings (SSSR count). The SMILES string of the molecule is Cc1ccccc1C(=O)NC1CC[NH+](CC(=O)N2CCCC[C@@H]2C)CC1. The highest BCUT2D eigenvalue weighted by atomic mass is 16.2. The van der Waals surface area contributed by atoms with Crippen LogP contribution in [0.15, 0.2) is 24.3 Å². The van der Waals surface area contributed by atoms with Crippen molar-refractivity contribution >= 4 is 11.8 Å². The van der Waals surface area contributed by atoms with Crippen molar-refractivity contribution in [2.45, 2.75) is 58.0 Å². The summed E-state index contributed by atoms with van der Waals surface area (Å²) in [5.74, 6) is 0.323. The van der Waals surface area contributed by atoms with E-state index in [9.17, 15) is 9.59 Å². The van der Waals surface area contributed by atoms with Gasteiger partial charge in [-0.15, -0.1) is 0 Å². The van der Waals surface area contributed by atoms with E-state index in [1.165, 1.54) is 11.3 Å². The molecule has 1 aromatic rings. The maximum atomic E-state index is 12.6. The van der Waals surface area contributed by atoms with Crippen molar-refractivity contribution in [3.63, 3.8) is 0 Å². The van der Waals surface area contributed by atoms with Gasteiger partial charge >= 0.3 is 0 Å². The van der Waals surface area contributed by atoms with Gasteiger partial charge in [0.2, 0.25) is 0 Å². The van der Waals surface area contributed by atoms with Crippen LogP contribution in [0.4, 0.5) is 0 Å². The summed E-state index contributed by atoms with van der Waals surface area (Å²) in [6, 6.07) is 8.31. The Bertz CT molecular complexity index is 638. The maximum Gasteiger partial charge on any atom is 0.277 e. The molecule has 2 fully saturated rings. The van der Waals surface area contributed by atoms with Gasteiger partial charge in [0.1, 0.15) is 0 Å². The van der Waals surface area contributed by atoms with Crippen LogP contribution in [-0.4, -0.2) is 55.0 Å². The second-order valence-electron chi connectivity index (χ2n) is 7.92. The average molecular weight is 359 g/mol. The Labute approximate surface area is 156 Å². The van der Waals surface area contributed by atoms with Gasteiger partial charge in [-0.25, -0.2) is 0 Å². The predicted molar refractivity (Wildman–Crippen MR) is 102 cm³/mol. The summed E-state index contributed by atoms with van der Waals surface area (Å²) < 4.78 is 0. The number of likely N-dealkylation sites (tertiary alicyclic amines) is 2. The Balaban J connectivity index is 1.45. The van der Waals surface area contributed by atoms with Gasteiger partial charge in [0.15, 0.2) is 6.54 Å². The van der Waals surface area contributed by atoms with Gasteiger partial charge in [-0.05, 0) is 44.7 Å². The van der Waals surface area contributed by atoms with Crippen LogP contribution in [0.1, 0.15) is 54.9 Å². The normalized spacial score (nSPS) is 26.4. The lowest BCUT2D eigenvalue weighted by Gasteiger charge is -2.35. The lowest BCUT2D eigenvalue weighted by molar-refractivity contribution is -0.897. The Morgan fingerprint density at radius 2 is 1.88 bits per heavy atom. The summed E-state index contributed by atoms with van der Waals surface area (Å²) in [6.07, 6.45) is 5.39. The summed E-state index contributed by atoms with van der Waals surface area (Å²) in [4.78, 5) is 28.5. The van der Waals surface area contributed by atoms with Crippen LogP contribution < -0.4 is 10.2 Å². The van der Waals surface area contributed by atoms with E-state index < -0.39 is 0 Å². The summed E-state index contributed by atoms with van der Waals surface area (Å²) in [5, 5.41) is 3.17. The monoisotopic (exact) mass is 358 g/mol. The molecule has 5 nitrogen and oxygen atoms in total. The zero-order chi connectivity index (χ0) is 18.5. The van der Waals surface area contributed by atoms with Gasteiger partial charge in [-0.2, -0.15) is 0 Å². The number of benzene rings is 1. The van der Waals surface area contributed by atoms with Crippen molar-refractivity contribution in [1.29, 1.82) is 0 Å². The Morgan fingerprint density at radius 1 is 1.15 bits per heavy atom. The van der Waals surface area contributed by atoms with E-state index in [4.69, 9.17) is 0 Å². The molecule has 142 valence electrons. The first kappa shape index (κ1) is 18.9. The smallest absolute Gasteiger partial charge is 0.277 e. The van der Waals surface area contributed by atoms with Gasteiger partial charge in [-0.1, -0.05) is 18.2 Å². The second kappa shape index (κ2) is 8.67. The van der Waals surface area contributed by atoms with Crippen LogP contribution in [0.2, 0.25) is 0 Å². The van der Waals surface area contributed by atoms with Crippen molar-refractivity contribution in [2.24, 2.45) is 0 Å². The highest BCUT2D eigenvalue weighted by Crippen LogP contribution is 2.16. The summed E-state index contributed by atoms with van der Waals surface area (Å²) >= 11 is 0. The van der Waals surface area contributed by atoms with Crippen LogP contribution in [0.25, 0.3) is 0 Å². The number of piperidine rings is 2. The number of amides is 2. The molecule has 2 saturated heterocycles. The average Bonchev–Trinajstić information content (AvgIpc) is 2.64. The first-order valence-electron chi connectivity index (χ1n) is 10.0. The van der Waals surface area contributed by atoms with Crippen LogP contribution >= 0.6 is 0 Å². The van der Waals surface area contributed by atoms with Crippen LogP contribution in [0, 0.1) is 6.92 Å². The predicted octanol–water partition coefficient (Wildman–Crippen LogP) is 1.17. The molecule has 1 atom stereocenters. The van der Waals surface area contributed by atoms with Gasteiger partial charge in [0, 0.05) is 37.0 Å². The Morgan fingerprint density at radius 3 is 2.58 bits per heavy atom. The minimum Gasteiger partial charge on any atom is -0.349 e. The highest BCUT2D eigenvalue weighted by Gasteiger charge is 2.29. The number of carbonyl (C=O) groups excluding carboxylic acids is 2. The molecule has 0 aromatic heterocycles. The fraction of sp³-hybridized carbons (Fsp3) is 0.619. The van der Waals surface area contributed by atoms with E-state index in [1.54, 1.807) is 0 Å². The lowest BCUT2D eigenvalue weighted by Crippen LogP contribution is -3.14. The zero-order valence-electron chi connectivity index (χ0n) is 16.1. The molecule has 2 aliphatic rings. The van der Waals surface area contributed by atoms with Crippen molar-refractivity contribution in [3.05, 3.63) is 35.4 Å². The van der Waals surface area contributed by atoms with Crippen LogP contribution in [0.3, 0.4) is 0 Å². The number of hydrogen-bond acceptors (Lipinski definition) is 2. The van der Waals surface area contributed by atoms with Crippen molar-refractivity contribution < 1.29 is 14.5 Å². The van der Waals surface area contributed by atoms with E-state index in [0.717, 1.165) is 56.4 Å². The third-order valence-corrected chi connectivity index (χ3v) is 5.94. The molecule has 0 aliphatic carbocycles. The van der Waals surface area contributed by atoms with Gasteiger partial charge in [-0.3, -0.25) is 9.59 Å². The van der Waals surface area contributed by atoms with E-state index in [1.807, 2.05) is 31.2 Å². The molecule has 0 radical (unpaired) electrons. The van der Waals surface area contributed by atoms with E-state index >= 15 is 0 Å². The van der Waals surface area contributed by atoms with E-state index in [2.05, 4.69) is 17.1 Å². The molecular formula is C21H32N3O2+. The van der Waals surface area contributed by atoms with Crippen molar-refractivity contribution in [2.75, 3.05) is 26.2 Å². The third-order valence-electron chi connectivity index (χ3n) is 5.94. The number of nitrogens with zero attached hydrogens (tertiary/aromatic N) is 1. The Hall–Kier alpha value is -1.88. The van der Waals surface area contributed by atoms with Gasteiger partial charge in [0.25, 0.3) is 11.8 Å². The zero-order valence-corrected chi connectivity index (χ0v) is 16.1. The first-order chi connectivity index (χ1) is 12.5. The molecule has 2 aliphatic heterocycles. The van der Waals surface area contributed by atoms with Crippen LogP contribution in [-0.2, 0) is 4.79 Å². The quantitative estimate of drug-likeness (QED) is 0.849. The number of nitrogens with one attached hydrogen (secondary N) is 2. The molecule has 2 N–H and O–H groups in total. The topological polar surface area (TPSA) is 53.9 Å². The summed E-state index contributed by atoms with van der Waals surface area (Å²) in [6.45, 7) is 7.55. The summed E-state index contributed by atoms with van der Waals surface area (Å²) in [5.41, 5.74) is 1.77. The fourth-order valence-corrected chi connectivity index (χ4v) is 4.22. The van der Waals surface area contributed by atoms with Crippen molar-refractivity contribution in [1.82, 2.24) is 10.2 Å². The number of carbonyl (C=O) groups is 2. The number of hydrogen-bond donors (Lipinski definition) is 2. The van der Waals surface area contributed by atoms with Gasteiger partial charge < -0.3 is 15.1 Å². The molecule has 0 spiro atoms. The molecular weight excluding hydrogens is 326 g/mol. The fourth-order valence-electron chi connectivity index (χ4n) is 4.22. The number of rotatable bonds is 4. The third kappa shape index (κ3) is 4.64. The maximum absolute atomic E-state index is 12.6. The minimum absolute atomic E-state index is 0.0229. The summed E-state index contributed by atoms with van der Waals surface area (Å²) in [7, 11) is 0. The molecule has 0 saturated carbocycles. The molecule has 0 unspecified atom stereocenters. The molecule has 2 heterocycles.